The number of methoxy groups -OCH3 is 1. The van der Waals surface area contributed by atoms with E-state index >= 15 is 0 Å². The van der Waals surface area contributed by atoms with Gasteiger partial charge in [0, 0.05) is 68.6 Å². The van der Waals surface area contributed by atoms with Gasteiger partial charge in [-0.05, 0) is 50.7 Å². The minimum Gasteiger partial charge on any atom is -0.462 e. The molecule has 0 aliphatic carbocycles. The quantitative estimate of drug-likeness (QED) is 0.488. The van der Waals surface area contributed by atoms with Crippen molar-refractivity contribution in [3.63, 3.8) is 0 Å². The van der Waals surface area contributed by atoms with Crippen LogP contribution in [0, 0.1) is 0 Å². The Labute approximate surface area is 225 Å². The molecule has 2 unspecified atom stereocenters. The highest BCUT2D eigenvalue weighted by molar-refractivity contribution is 5.94. The highest BCUT2D eigenvalue weighted by Crippen LogP contribution is 2.34. The van der Waals surface area contributed by atoms with Crippen LogP contribution in [0.1, 0.15) is 30.5 Å². The highest BCUT2D eigenvalue weighted by atomic mass is 16.5. The van der Waals surface area contributed by atoms with Crippen LogP contribution >= 0.6 is 0 Å². The van der Waals surface area contributed by atoms with Gasteiger partial charge in [0.05, 0.1) is 12.2 Å². The van der Waals surface area contributed by atoms with Crippen LogP contribution in [0.3, 0.4) is 0 Å². The number of benzene rings is 2. The van der Waals surface area contributed by atoms with E-state index in [2.05, 4.69) is 69.5 Å². The molecule has 2 saturated heterocycles. The summed E-state index contributed by atoms with van der Waals surface area (Å²) in [4.78, 5) is 17.4. The number of nitrogens with one attached hydrogen (secondary N) is 1. The van der Waals surface area contributed by atoms with E-state index in [9.17, 15) is 0 Å². The Kier molecular flexibility index (Phi) is 7.63. The number of likely N-dealkylation sites (N-methyl/N-ethyl adjacent to an activating group) is 1. The van der Waals surface area contributed by atoms with Crippen molar-refractivity contribution >= 4 is 22.3 Å². The fraction of sp³-hybridized carbons (Fsp3) is 0.533. The van der Waals surface area contributed by atoms with Gasteiger partial charge >= 0.3 is 6.01 Å². The van der Waals surface area contributed by atoms with Crippen molar-refractivity contribution in [2.24, 2.45) is 0 Å². The van der Waals surface area contributed by atoms with Crippen molar-refractivity contribution in [1.82, 2.24) is 20.2 Å². The van der Waals surface area contributed by atoms with Crippen molar-refractivity contribution in [3.05, 3.63) is 53.7 Å². The van der Waals surface area contributed by atoms with Crippen molar-refractivity contribution in [1.29, 1.82) is 0 Å². The van der Waals surface area contributed by atoms with Gasteiger partial charge in [-0.15, -0.1) is 0 Å². The fourth-order valence-corrected chi connectivity index (χ4v) is 6.24. The Bertz CT molecular complexity index is 1250. The lowest BCUT2D eigenvalue weighted by atomic mass is 10.0. The monoisotopic (exact) mass is 516 g/mol. The summed E-state index contributed by atoms with van der Waals surface area (Å²) in [6, 6.07) is 16.6. The molecule has 3 aliphatic rings. The number of piperazine rings is 1. The van der Waals surface area contributed by atoms with E-state index in [1.165, 1.54) is 34.9 Å². The summed E-state index contributed by atoms with van der Waals surface area (Å²) in [6.07, 6.45) is 4.31. The van der Waals surface area contributed by atoms with Crippen molar-refractivity contribution < 1.29 is 9.47 Å². The van der Waals surface area contributed by atoms with E-state index < -0.39 is 0 Å². The molecule has 1 aromatic heterocycles. The van der Waals surface area contributed by atoms with Crippen molar-refractivity contribution in [3.8, 4) is 6.01 Å². The molecule has 202 valence electrons. The molecular formula is C30H40N6O2. The van der Waals surface area contributed by atoms with Crippen LogP contribution in [0.15, 0.2) is 42.5 Å². The fourth-order valence-electron chi connectivity index (χ4n) is 6.24. The molecular weight excluding hydrogens is 476 g/mol. The third-order valence-electron chi connectivity index (χ3n) is 8.43. The van der Waals surface area contributed by atoms with E-state index in [4.69, 9.17) is 19.4 Å². The maximum atomic E-state index is 6.32. The smallest absolute Gasteiger partial charge is 0.318 e. The van der Waals surface area contributed by atoms with Crippen LogP contribution in [0.2, 0.25) is 0 Å². The topological polar surface area (TPSA) is 66.0 Å². The molecule has 6 rings (SSSR count). The Morgan fingerprint density at radius 3 is 2.79 bits per heavy atom. The Hall–Kier alpha value is -2.94. The van der Waals surface area contributed by atoms with Crippen LogP contribution in [0.25, 0.3) is 10.8 Å². The molecule has 0 radical (unpaired) electrons. The summed E-state index contributed by atoms with van der Waals surface area (Å²) < 4.78 is 11.7. The number of fused-ring (bicyclic) bond motifs is 2. The molecule has 3 aromatic rings. The lowest BCUT2D eigenvalue weighted by molar-refractivity contribution is 0.180. The minimum atomic E-state index is 0.390. The summed E-state index contributed by atoms with van der Waals surface area (Å²) in [5, 5.41) is 6.21. The number of hydrogen-bond donors (Lipinski definition) is 1. The first-order valence-corrected chi connectivity index (χ1v) is 14.1. The Morgan fingerprint density at radius 1 is 1.03 bits per heavy atom. The molecule has 3 aliphatic heterocycles. The number of aromatic nitrogens is 2. The first-order chi connectivity index (χ1) is 18.7. The largest absolute Gasteiger partial charge is 0.462 e. The van der Waals surface area contributed by atoms with Gasteiger partial charge in [0.25, 0.3) is 0 Å². The molecule has 0 amide bonds. The van der Waals surface area contributed by atoms with Crippen LogP contribution < -0.4 is 19.9 Å². The van der Waals surface area contributed by atoms with Gasteiger partial charge in [-0.25, -0.2) is 0 Å². The third kappa shape index (κ3) is 5.30. The van der Waals surface area contributed by atoms with E-state index in [0.29, 0.717) is 24.7 Å². The van der Waals surface area contributed by atoms with E-state index in [1.54, 1.807) is 7.11 Å². The normalized spacial score (nSPS) is 22.2. The second-order valence-electron chi connectivity index (χ2n) is 10.9. The summed E-state index contributed by atoms with van der Waals surface area (Å²) in [5.74, 6) is 1.06. The molecule has 38 heavy (non-hydrogen) atoms. The number of nitrogens with zero attached hydrogens (tertiary/aromatic N) is 5. The molecule has 2 fully saturated rings. The number of likely N-dealkylation sites (tertiary alicyclic amines) is 1. The number of rotatable bonds is 8. The average molecular weight is 517 g/mol. The van der Waals surface area contributed by atoms with Crippen molar-refractivity contribution in [2.75, 3.05) is 69.9 Å². The third-order valence-corrected chi connectivity index (χ3v) is 8.43. The first kappa shape index (κ1) is 25.3. The van der Waals surface area contributed by atoms with Crippen LogP contribution in [-0.4, -0.2) is 87.0 Å². The maximum Gasteiger partial charge on any atom is 0.318 e. The molecule has 0 bridgehead atoms. The molecule has 8 nitrogen and oxygen atoms in total. The second kappa shape index (κ2) is 11.4. The van der Waals surface area contributed by atoms with Crippen LogP contribution in [-0.2, 0) is 17.7 Å². The second-order valence-corrected chi connectivity index (χ2v) is 10.9. The summed E-state index contributed by atoms with van der Waals surface area (Å²) in [6.45, 7) is 7.04. The SMILES string of the molecule is COCCC1CN(c2nc(OCC3CCCN3C)nc3c2CCN(c2cccc4ccccc24)C3)CCN1. The molecule has 2 aromatic carbocycles. The zero-order valence-corrected chi connectivity index (χ0v) is 22.7. The lowest BCUT2D eigenvalue weighted by Gasteiger charge is -2.38. The van der Waals surface area contributed by atoms with Gasteiger partial charge < -0.3 is 29.5 Å². The molecule has 4 heterocycles. The molecule has 2 atom stereocenters. The molecule has 8 heteroatoms. The van der Waals surface area contributed by atoms with Gasteiger partial charge in [0.15, 0.2) is 0 Å². The number of anilines is 2. The van der Waals surface area contributed by atoms with E-state index in [0.717, 1.165) is 70.2 Å². The molecule has 0 saturated carbocycles. The number of hydrogen-bond acceptors (Lipinski definition) is 8. The van der Waals surface area contributed by atoms with Crippen LogP contribution in [0.5, 0.6) is 6.01 Å². The maximum absolute atomic E-state index is 6.32. The van der Waals surface area contributed by atoms with Crippen molar-refractivity contribution in [2.45, 2.75) is 44.3 Å². The summed E-state index contributed by atoms with van der Waals surface area (Å²) >= 11 is 0. The van der Waals surface area contributed by atoms with E-state index in [-0.39, 0.29) is 0 Å². The van der Waals surface area contributed by atoms with Gasteiger partial charge in [-0.3, -0.25) is 0 Å². The standard InChI is InChI=1S/C30H40N6O2/c1-34-15-6-9-24(34)21-38-30-32-27-20-35(28-11-5-8-22-7-3-4-10-25(22)28)16-12-26(27)29(33-30)36-17-14-31-23(19-36)13-18-37-2/h3-5,7-8,10-11,23-24,31H,6,9,12-21H2,1-2H3. The minimum absolute atomic E-state index is 0.390. The molecule has 0 spiro atoms. The zero-order valence-electron chi connectivity index (χ0n) is 22.7. The Balaban J connectivity index is 1.30. The predicted molar refractivity (Wildman–Crippen MR) is 152 cm³/mol. The summed E-state index contributed by atoms with van der Waals surface area (Å²) in [5.41, 5.74) is 3.64. The van der Waals surface area contributed by atoms with Gasteiger partial charge in [-0.2, -0.15) is 9.97 Å². The van der Waals surface area contributed by atoms with Crippen LogP contribution in [0.4, 0.5) is 11.5 Å². The molecule has 1 N–H and O–H groups in total. The lowest BCUT2D eigenvalue weighted by Crippen LogP contribution is -2.52. The highest BCUT2D eigenvalue weighted by Gasteiger charge is 2.29. The zero-order chi connectivity index (χ0) is 25.9. The Morgan fingerprint density at radius 2 is 1.92 bits per heavy atom. The van der Waals surface area contributed by atoms with Gasteiger partial charge in [-0.1, -0.05) is 36.4 Å². The predicted octanol–water partition coefficient (Wildman–Crippen LogP) is 3.48. The van der Waals surface area contributed by atoms with Gasteiger partial charge in [0.1, 0.15) is 12.4 Å². The summed E-state index contributed by atoms with van der Waals surface area (Å²) in [7, 11) is 3.96. The number of ether oxygens (including phenoxy) is 2. The van der Waals surface area contributed by atoms with E-state index in [1.807, 2.05) is 0 Å². The van der Waals surface area contributed by atoms with Gasteiger partial charge in [0.2, 0.25) is 0 Å². The average Bonchev–Trinajstić information content (AvgIpc) is 3.38. The first-order valence-electron chi connectivity index (χ1n) is 14.1.